The monoisotopic (exact) mass is 338 g/mol. The number of esters is 1. The van der Waals surface area contributed by atoms with E-state index in [1.54, 1.807) is 6.07 Å². The highest BCUT2D eigenvalue weighted by Crippen LogP contribution is 2.42. The summed E-state index contributed by atoms with van der Waals surface area (Å²) in [6.45, 7) is 12.4. The highest BCUT2D eigenvalue weighted by atomic mass is 16.6. The Morgan fingerprint density at radius 1 is 1.12 bits per heavy atom. The standard InChI is InChI=1S/C22H26O3/c1-6-20(23)25-19-14-10-13-18(21(19)24-15-16(2)3)22(4,5)17-11-8-7-9-12-17/h6-14,16H,1,15H2,2-5H3. The van der Waals surface area contributed by atoms with Crippen LogP contribution >= 0.6 is 0 Å². The van der Waals surface area contributed by atoms with Gasteiger partial charge in [0.05, 0.1) is 6.61 Å². The molecule has 0 aliphatic heterocycles. The Bertz CT molecular complexity index is 730. The molecule has 0 aliphatic carbocycles. The van der Waals surface area contributed by atoms with Gasteiger partial charge in [-0.15, -0.1) is 0 Å². The van der Waals surface area contributed by atoms with Crippen molar-refractivity contribution in [3.63, 3.8) is 0 Å². The Labute approximate surface area is 150 Å². The molecule has 0 atom stereocenters. The van der Waals surface area contributed by atoms with Crippen LogP contribution in [0.25, 0.3) is 0 Å². The van der Waals surface area contributed by atoms with Crippen molar-refractivity contribution in [2.24, 2.45) is 5.92 Å². The second kappa shape index (κ2) is 8.02. The van der Waals surface area contributed by atoms with Gasteiger partial charge in [-0.1, -0.05) is 76.7 Å². The predicted molar refractivity (Wildman–Crippen MR) is 101 cm³/mol. The minimum absolute atomic E-state index is 0.301. The van der Waals surface area contributed by atoms with Crippen molar-refractivity contribution in [1.29, 1.82) is 0 Å². The summed E-state index contributed by atoms with van der Waals surface area (Å²) in [6.07, 6.45) is 1.15. The minimum Gasteiger partial charge on any atom is -0.489 e. The maximum Gasteiger partial charge on any atom is 0.335 e. The van der Waals surface area contributed by atoms with E-state index in [0.717, 1.165) is 17.2 Å². The molecular formula is C22H26O3. The summed E-state index contributed by atoms with van der Waals surface area (Å²) in [5, 5.41) is 0. The van der Waals surface area contributed by atoms with Crippen LogP contribution in [0.4, 0.5) is 0 Å². The zero-order valence-corrected chi connectivity index (χ0v) is 15.4. The minimum atomic E-state index is -0.496. The maximum absolute atomic E-state index is 11.7. The number of carbonyl (C=O) groups is 1. The molecule has 2 aromatic carbocycles. The van der Waals surface area contributed by atoms with Crippen LogP contribution in [-0.2, 0) is 10.2 Å². The molecular weight excluding hydrogens is 312 g/mol. The molecule has 132 valence electrons. The first-order chi connectivity index (χ1) is 11.9. The third kappa shape index (κ3) is 4.50. The summed E-state index contributed by atoms with van der Waals surface area (Å²) in [5.74, 6) is 0.896. The first kappa shape index (κ1) is 18.8. The zero-order chi connectivity index (χ0) is 18.4. The Morgan fingerprint density at radius 2 is 1.80 bits per heavy atom. The third-order valence-electron chi connectivity index (χ3n) is 4.09. The number of benzene rings is 2. The number of hydrogen-bond donors (Lipinski definition) is 0. The molecule has 3 nitrogen and oxygen atoms in total. The molecule has 25 heavy (non-hydrogen) atoms. The lowest BCUT2D eigenvalue weighted by Crippen LogP contribution is -2.21. The van der Waals surface area contributed by atoms with Crippen molar-refractivity contribution in [3.8, 4) is 11.5 Å². The average Bonchev–Trinajstić information content (AvgIpc) is 2.60. The largest absolute Gasteiger partial charge is 0.489 e. The topological polar surface area (TPSA) is 35.5 Å². The number of carbonyl (C=O) groups excluding carboxylic acids is 1. The van der Waals surface area contributed by atoms with E-state index in [2.05, 4.69) is 46.4 Å². The highest BCUT2D eigenvalue weighted by Gasteiger charge is 2.29. The Morgan fingerprint density at radius 3 is 2.40 bits per heavy atom. The van der Waals surface area contributed by atoms with Crippen molar-refractivity contribution in [2.75, 3.05) is 6.61 Å². The van der Waals surface area contributed by atoms with E-state index in [1.165, 1.54) is 0 Å². The molecule has 0 N–H and O–H groups in total. The SMILES string of the molecule is C=CC(=O)Oc1cccc(C(C)(C)c2ccccc2)c1OCC(C)C. The molecule has 0 fully saturated rings. The number of ether oxygens (including phenoxy) is 2. The Balaban J connectivity index is 2.53. The van der Waals surface area contributed by atoms with Gasteiger partial charge in [0.25, 0.3) is 0 Å². The first-order valence-electron chi connectivity index (χ1n) is 8.52. The Kier molecular flexibility index (Phi) is 6.02. The summed E-state index contributed by atoms with van der Waals surface area (Å²) >= 11 is 0. The number of rotatable bonds is 7. The van der Waals surface area contributed by atoms with Gasteiger partial charge in [-0.05, 0) is 17.5 Å². The lowest BCUT2D eigenvalue weighted by Gasteiger charge is -2.29. The van der Waals surface area contributed by atoms with E-state index in [1.807, 2.05) is 30.3 Å². The van der Waals surface area contributed by atoms with Crippen LogP contribution in [0.1, 0.15) is 38.8 Å². The molecule has 0 aliphatic rings. The van der Waals surface area contributed by atoms with E-state index in [9.17, 15) is 4.79 Å². The van der Waals surface area contributed by atoms with Gasteiger partial charge < -0.3 is 9.47 Å². The number of para-hydroxylation sites is 1. The summed E-state index contributed by atoms with van der Waals surface area (Å²) in [6, 6.07) is 15.9. The molecule has 2 aromatic rings. The fourth-order valence-corrected chi connectivity index (χ4v) is 2.65. The summed E-state index contributed by atoms with van der Waals surface area (Å²) in [4.78, 5) is 11.7. The lowest BCUT2D eigenvalue weighted by atomic mass is 9.77. The van der Waals surface area contributed by atoms with Crippen LogP contribution in [0.5, 0.6) is 11.5 Å². The average molecular weight is 338 g/mol. The molecule has 0 bridgehead atoms. The van der Waals surface area contributed by atoms with Crippen LogP contribution in [0.15, 0.2) is 61.2 Å². The van der Waals surface area contributed by atoms with Crippen molar-refractivity contribution >= 4 is 5.97 Å². The van der Waals surface area contributed by atoms with Crippen LogP contribution < -0.4 is 9.47 Å². The fourth-order valence-electron chi connectivity index (χ4n) is 2.65. The van der Waals surface area contributed by atoms with Gasteiger partial charge in [-0.25, -0.2) is 4.79 Å². The van der Waals surface area contributed by atoms with Gasteiger partial charge in [0, 0.05) is 17.1 Å². The van der Waals surface area contributed by atoms with Crippen LogP contribution in [0.2, 0.25) is 0 Å². The van der Waals surface area contributed by atoms with Gasteiger partial charge in [0.15, 0.2) is 11.5 Å². The van der Waals surface area contributed by atoms with Crippen molar-refractivity contribution in [1.82, 2.24) is 0 Å². The van der Waals surface area contributed by atoms with Crippen molar-refractivity contribution < 1.29 is 14.3 Å². The quantitative estimate of drug-likeness (QED) is 0.398. The summed E-state index contributed by atoms with van der Waals surface area (Å²) in [5.41, 5.74) is 1.84. The summed E-state index contributed by atoms with van der Waals surface area (Å²) < 4.78 is 11.5. The second-order valence-corrected chi connectivity index (χ2v) is 6.95. The molecule has 2 rings (SSSR count). The van der Waals surface area contributed by atoms with E-state index >= 15 is 0 Å². The zero-order valence-electron chi connectivity index (χ0n) is 15.4. The van der Waals surface area contributed by atoms with E-state index in [4.69, 9.17) is 9.47 Å². The van der Waals surface area contributed by atoms with Gasteiger partial charge in [-0.2, -0.15) is 0 Å². The normalized spacial score (nSPS) is 11.2. The van der Waals surface area contributed by atoms with Gasteiger partial charge in [0.1, 0.15) is 0 Å². The smallest absolute Gasteiger partial charge is 0.335 e. The van der Waals surface area contributed by atoms with E-state index in [0.29, 0.717) is 24.0 Å². The fraction of sp³-hybridized carbons (Fsp3) is 0.318. The number of hydrogen-bond acceptors (Lipinski definition) is 3. The van der Waals surface area contributed by atoms with Crippen molar-refractivity contribution in [2.45, 2.75) is 33.1 Å². The van der Waals surface area contributed by atoms with E-state index < -0.39 is 5.97 Å². The van der Waals surface area contributed by atoms with Gasteiger partial charge in [0.2, 0.25) is 0 Å². The molecule has 0 saturated carbocycles. The second-order valence-electron chi connectivity index (χ2n) is 6.95. The third-order valence-corrected chi connectivity index (χ3v) is 4.09. The molecule has 0 radical (unpaired) electrons. The van der Waals surface area contributed by atoms with Crippen LogP contribution in [0.3, 0.4) is 0 Å². The Hall–Kier alpha value is -2.55. The van der Waals surface area contributed by atoms with Crippen LogP contribution in [-0.4, -0.2) is 12.6 Å². The van der Waals surface area contributed by atoms with Gasteiger partial charge in [-0.3, -0.25) is 0 Å². The molecule has 0 heterocycles. The molecule has 0 saturated heterocycles. The summed E-state index contributed by atoms with van der Waals surface area (Å²) in [7, 11) is 0. The van der Waals surface area contributed by atoms with E-state index in [-0.39, 0.29) is 5.41 Å². The molecule has 0 unspecified atom stereocenters. The molecule has 0 aromatic heterocycles. The molecule has 3 heteroatoms. The van der Waals surface area contributed by atoms with Gasteiger partial charge >= 0.3 is 5.97 Å². The van der Waals surface area contributed by atoms with Crippen LogP contribution in [0, 0.1) is 5.92 Å². The lowest BCUT2D eigenvalue weighted by molar-refractivity contribution is -0.129. The predicted octanol–water partition coefficient (Wildman–Crippen LogP) is 5.14. The highest BCUT2D eigenvalue weighted by molar-refractivity contribution is 5.84. The first-order valence-corrected chi connectivity index (χ1v) is 8.52. The maximum atomic E-state index is 11.7. The van der Waals surface area contributed by atoms with Crippen molar-refractivity contribution in [3.05, 3.63) is 72.3 Å². The molecule has 0 amide bonds. The molecule has 0 spiro atoms.